The molecule has 0 N–H and O–H groups in total. The predicted octanol–water partition coefficient (Wildman–Crippen LogP) is 2.23. The summed E-state index contributed by atoms with van der Waals surface area (Å²) in [4.78, 5) is 29.3. The van der Waals surface area contributed by atoms with E-state index >= 15 is 0 Å². The van der Waals surface area contributed by atoms with Gasteiger partial charge in [0.2, 0.25) is 11.8 Å². The van der Waals surface area contributed by atoms with E-state index in [0.29, 0.717) is 38.5 Å². The summed E-state index contributed by atoms with van der Waals surface area (Å²) >= 11 is 7.46. The lowest BCUT2D eigenvalue weighted by Crippen LogP contribution is -2.54. The quantitative estimate of drug-likeness (QED) is 0.795. The molecule has 0 saturated carbocycles. The number of nitrogens with zero attached hydrogens (tertiary/aromatic N) is 2. The van der Waals surface area contributed by atoms with Gasteiger partial charge in [-0.3, -0.25) is 9.59 Å². The highest BCUT2D eigenvalue weighted by Gasteiger charge is 2.33. The van der Waals surface area contributed by atoms with Crippen molar-refractivity contribution in [3.05, 3.63) is 22.4 Å². The van der Waals surface area contributed by atoms with Crippen molar-refractivity contribution in [1.82, 2.24) is 9.80 Å². The van der Waals surface area contributed by atoms with Crippen LogP contribution in [0.15, 0.2) is 17.5 Å². The SMILES string of the molecule is CC(C)(CCl)C(=O)N1CCN(C(=O)Cc2cccs2)CC1. The van der Waals surface area contributed by atoms with Crippen molar-refractivity contribution < 1.29 is 9.59 Å². The third-order valence-electron chi connectivity index (χ3n) is 3.74. The lowest BCUT2D eigenvalue weighted by atomic mass is 9.94. The van der Waals surface area contributed by atoms with Crippen molar-refractivity contribution in [2.24, 2.45) is 5.41 Å². The molecule has 0 radical (unpaired) electrons. The summed E-state index contributed by atoms with van der Waals surface area (Å²) in [6.07, 6.45) is 0.457. The van der Waals surface area contributed by atoms with E-state index in [-0.39, 0.29) is 11.8 Å². The van der Waals surface area contributed by atoms with Gasteiger partial charge in [-0.2, -0.15) is 0 Å². The van der Waals surface area contributed by atoms with Gasteiger partial charge in [-0.05, 0) is 25.3 Å². The van der Waals surface area contributed by atoms with Crippen molar-refractivity contribution in [1.29, 1.82) is 0 Å². The Balaban J connectivity index is 1.85. The van der Waals surface area contributed by atoms with Crippen LogP contribution in [0, 0.1) is 5.41 Å². The number of rotatable bonds is 4. The summed E-state index contributed by atoms with van der Waals surface area (Å²) in [7, 11) is 0. The van der Waals surface area contributed by atoms with Gasteiger partial charge in [0.25, 0.3) is 0 Å². The minimum atomic E-state index is -0.537. The fourth-order valence-corrected chi connectivity index (χ4v) is 3.13. The van der Waals surface area contributed by atoms with Crippen LogP contribution >= 0.6 is 22.9 Å². The summed E-state index contributed by atoms with van der Waals surface area (Å²) < 4.78 is 0. The topological polar surface area (TPSA) is 40.6 Å². The summed E-state index contributed by atoms with van der Waals surface area (Å²) in [5, 5.41) is 1.98. The highest BCUT2D eigenvalue weighted by molar-refractivity contribution is 7.10. The molecule has 0 aliphatic carbocycles. The monoisotopic (exact) mass is 328 g/mol. The molecule has 1 aliphatic heterocycles. The first-order valence-electron chi connectivity index (χ1n) is 7.09. The van der Waals surface area contributed by atoms with E-state index in [0.717, 1.165) is 4.88 Å². The average Bonchev–Trinajstić information content (AvgIpc) is 2.99. The number of halogens is 1. The van der Waals surface area contributed by atoms with E-state index in [1.165, 1.54) is 0 Å². The molecule has 0 bridgehead atoms. The molecule has 0 atom stereocenters. The summed E-state index contributed by atoms with van der Waals surface area (Å²) in [6.45, 7) is 6.11. The number of amides is 2. The van der Waals surface area contributed by atoms with Crippen molar-refractivity contribution in [2.45, 2.75) is 20.3 Å². The van der Waals surface area contributed by atoms with Crippen molar-refractivity contribution >= 4 is 34.8 Å². The van der Waals surface area contributed by atoms with Crippen LogP contribution in [-0.2, 0) is 16.0 Å². The average molecular weight is 329 g/mol. The third-order valence-corrected chi connectivity index (χ3v) is 5.28. The van der Waals surface area contributed by atoms with Crippen LogP contribution in [0.5, 0.6) is 0 Å². The van der Waals surface area contributed by atoms with E-state index in [1.807, 2.05) is 41.2 Å². The molecule has 4 nitrogen and oxygen atoms in total. The Morgan fingerprint density at radius 1 is 1.24 bits per heavy atom. The lowest BCUT2D eigenvalue weighted by molar-refractivity contribution is -0.144. The summed E-state index contributed by atoms with van der Waals surface area (Å²) in [5.41, 5.74) is -0.537. The zero-order valence-corrected chi connectivity index (χ0v) is 14.0. The molecule has 0 unspecified atom stereocenters. The highest BCUT2D eigenvalue weighted by atomic mass is 35.5. The number of alkyl halides is 1. The van der Waals surface area contributed by atoms with Crippen LogP contribution in [0.25, 0.3) is 0 Å². The number of carbonyl (C=O) groups excluding carboxylic acids is 2. The van der Waals surface area contributed by atoms with Gasteiger partial charge in [0.05, 0.1) is 11.8 Å². The maximum absolute atomic E-state index is 12.3. The molecular formula is C15H21ClN2O2S. The summed E-state index contributed by atoms with van der Waals surface area (Å²) in [5.74, 6) is 0.521. The van der Waals surface area contributed by atoms with E-state index < -0.39 is 5.41 Å². The lowest BCUT2D eigenvalue weighted by Gasteiger charge is -2.38. The Labute approximate surface area is 134 Å². The van der Waals surface area contributed by atoms with Gasteiger partial charge >= 0.3 is 0 Å². The molecule has 2 amide bonds. The second-order valence-electron chi connectivity index (χ2n) is 5.95. The molecule has 0 spiro atoms. The Kier molecular flexibility index (Phi) is 5.27. The van der Waals surface area contributed by atoms with Crippen molar-refractivity contribution in [3.8, 4) is 0 Å². The van der Waals surface area contributed by atoms with Crippen molar-refractivity contribution in [2.75, 3.05) is 32.1 Å². The smallest absolute Gasteiger partial charge is 0.229 e. The molecule has 1 saturated heterocycles. The third kappa shape index (κ3) is 3.98. The van der Waals surface area contributed by atoms with Crippen LogP contribution in [0.4, 0.5) is 0 Å². The first-order valence-corrected chi connectivity index (χ1v) is 8.51. The molecule has 21 heavy (non-hydrogen) atoms. The Hall–Kier alpha value is -1.07. The highest BCUT2D eigenvalue weighted by Crippen LogP contribution is 2.22. The van der Waals surface area contributed by atoms with Gasteiger partial charge in [0.15, 0.2) is 0 Å². The molecule has 1 aromatic rings. The zero-order valence-electron chi connectivity index (χ0n) is 12.5. The minimum absolute atomic E-state index is 0.0721. The fourth-order valence-electron chi connectivity index (χ4n) is 2.32. The molecule has 6 heteroatoms. The largest absolute Gasteiger partial charge is 0.339 e. The van der Waals surface area contributed by atoms with Gasteiger partial charge in [0, 0.05) is 36.9 Å². The number of thiophene rings is 1. The number of hydrogen-bond donors (Lipinski definition) is 0. The van der Waals surface area contributed by atoms with Crippen LogP contribution < -0.4 is 0 Å². The molecule has 1 aromatic heterocycles. The molecule has 0 aromatic carbocycles. The normalized spacial score (nSPS) is 16.1. The Morgan fingerprint density at radius 2 is 1.86 bits per heavy atom. The van der Waals surface area contributed by atoms with Crippen molar-refractivity contribution in [3.63, 3.8) is 0 Å². The van der Waals surface area contributed by atoms with Gasteiger partial charge < -0.3 is 9.80 Å². The predicted molar refractivity (Wildman–Crippen MR) is 85.7 cm³/mol. The van der Waals surface area contributed by atoms with E-state index in [9.17, 15) is 9.59 Å². The molecule has 1 aliphatic rings. The van der Waals surface area contributed by atoms with Gasteiger partial charge in [0.1, 0.15) is 0 Å². The fraction of sp³-hybridized carbons (Fsp3) is 0.600. The van der Waals surface area contributed by atoms with E-state index in [2.05, 4.69) is 0 Å². The maximum atomic E-state index is 12.3. The van der Waals surface area contributed by atoms with Crippen LogP contribution in [0.2, 0.25) is 0 Å². The van der Waals surface area contributed by atoms with Gasteiger partial charge in [-0.25, -0.2) is 0 Å². The Morgan fingerprint density at radius 3 is 2.38 bits per heavy atom. The molecule has 2 heterocycles. The standard InChI is InChI=1S/C15H21ClN2O2S/c1-15(2,11-16)14(20)18-7-5-17(6-8-18)13(19)10-12-4-3-9-21-12/h3-4,9H,5-8,10-11H2,1-2H3. The minimum Gasteiger partial charge on any atom is -0.339 e. The second kappa shape index (κ2) is 6.79. The van der Waals surface area contributed by atoms with Crippen LogP contribution in [0.1, 0.15) is 18.7 Å². The van der Waals surface area contributed by atoms with Gasteiger partial charge in [-0.1, -0.05) is 6.07 Å². The first kappa shape index (κ1) is 16.3. The van der Waals surface area contributed by atoms with Crippen LogP contribution in [0.3, 0.4) is 0 Å². The van der Waals surface area contributed by atoms with E-state index in [4.69, 9.17) is 11.6 Å². The second-order valence-corrected chi connectivity index (χ2v) is 7.25. The zero-order chi connectivity index (χ0) is 15.5. The first-order chi connectivity index (χ1) is 9.94. The Bertz CT molecular complexity index is 494. The molecule has 2 rings (SSSR count). The molecule has 1 fully saturated rings. The molecule has 116 valence electrons. The summed E-state index contributed by atoms with van der Waals surface area (Å²) in [6, 6.07) is 3.93. The number of piperazine rings is 1. The van der Waals surface area contributed by atoms with Crippen LogP contribution in [-0.4, -0.2) is 53.7 Å². The van der Waals surface area contributed by atoms with E-state index in [1.54, 1.807) is 11.3 Å². The molecular weight excluding hydrogens is 308 g/mol. The maximum Gasteiger partial charge on any atom is 0.229 e. The number of carbonyl (C=O) groups is 2. The number of hydrogen-bond acceptors (Lipinski definition) is 3. The van der Waals surface area contributed by atoms with Gasteiger partial charge in [-0.15, -0.1) is 22.9 Å².